The second kappa shape index (κ2) is 8.92. The van der Waals surface area contributed by atoms with Crippen LogP contribution in [0.15, 0.2) is 0 Å². The third kappa shape index (κ3) is 5.88. The number of likely N-dealkylation sites (N-methyl/N-ethyl adjacent to an activating group) is 1. The maximum atomic E-state index is 12.2. The molecule has 1 rings (SSSR count). The van der Waals surface area contributed by atoms with Gasteiger partial charge in [0, 0.05) is 26.7 Å². The molecule has 0 bridgehead atoms. The zero-order chi connectivity index (χ0) is 15.0. The molecule has 0 radical (unpaired) electrons. The molecule has 1 fully saturated rings. The van der Waals surface area contributed by atoms with Gasteiger partial charge in [-0.15, -0.1) is 0 Å². The summed E-state index contributed by atoms with van der Waals surface area (Å²) in [6, 6.07) is 0.311. The Balaban J connectivity index is 2.47. The number of hydrogen-bond donors (Lipinski definition) is 1. The van der Waals surface area contributed by atoms with Crippen molar-refractivity contribution in [1.29, 1.82) is 0 Å². The third-order valence-electron chi connectivity index (χ3n) is 3.85. The van der Waals surface area contributed by atoms with E-state index in [9.17, 15) is 9.59 Å². The second-order valence-corrected chi connectivity index (χ2v) is 5.39. The maximum absolute atomic E-state index is 12.2. The van der Waals surface area contributed by atoms with Crippen molar-refractivity contribution in [3.63, 3.8) is 0 Å². The summed E-state index contributed by atoms with van der Waals surface area (Å²) in [5, 5.41) is 8.88. The van der Waals surface area contributed by atoms with Crippen LogP contribution < -0.4 is 0 Å². The van der Waals surface area contributed by atoms with Crippen LogP contribution in [0.3, 0.4) is 0 Å². The molecule has 0 aliphatic heterocycles. The Labute approximate surface area is 120 Å². The maximum Gasteiger partial charge on any atom is 0.317 e. The predicted octanol–water partition coefficient (Wildman–Crippen LogP) is 0.810. The number of hydrogen-bond acceptors (Lipinski definition) is 4. The minimum Gasteiger partial charge on any atom is -0.480 e. The Morgan fingerprint density at radius 2 is 1.85 bits per heavy atom. The summed E-state index contributed by atoms with van der Waals surface area (Å²) in [6.45, 7) is 0.886. The Bertz CT molecular complexity index is 316. The summed E-state index contributed by atoms with van der Waals surface area (Å²) in [6.07, 6.45) is 5.70. The molecule has 20 heavy (non-hydrogen) atoms. The van der Waals surface area contributed by atoms with Crippen molar-refractivity contribution in [3.8, 4) is 0 Å². The molecular weight excluding hydrogens is 260 g/mol. The molecule has 0 atom stereocenters. The molecule has 1 N–H and O–H groups in total. The SMILES string of the molecule is COCCN(CC(=O)O)CC(=O)N(C)C1CCCCC1. The minimum atomic E-state index is -0.922. The Morgan fingerprint density at radius 3 is 2.40 bits per heavy atom. The van der Waals surface area contributed by atoms with Crippen molar-refractivity contribution in [2.24, 2.45) is 0 Å². The topological polar surface area (TPSA) is 70.1 Å². The van der Waals surface area contributed by atoms with E-state index in [-0.39, 0.29) is 19.0 Å². The van der Waals surface area contributed by atoms with E-state index < -0.39 is 5.97 Å². The minimum absolute atomic E-state index is 0.00532. The largest absolute Gasteiger partial charge is 0.480 e. The van der Waals surface area contributed by atoms with Crippen LogP contribution >= 0.6 is 0 Å². The zero-order valence-corrected chi connectivity index (χ0v) is 12.5. The molecule has 0 heterocycles. The highest BCUT2D eigenvalue weighted by Crippen LogP contribution is 2.21. The number of carbonyl (C=O) groups excluding carboxylic acids is 1. The quantitative estimate of drug-likeness (QED) is 0.715. The van der Waals surface area contributed by atoms with E-state index in [4.69, 9.17) is 9.84 Å². The third-order valence-corrected chi connectivity index (χ3v) is 3.85. The first-order valence-electron chi connectivity index (χ1n) is 7.23. The highest BCUT2D eigenvalue weighted by molar-refractivity contribution is 5.79. The van der Waals surface area contributed by atoms with Crippen molar-refractivity contribution in [1.82, 2.24) is 9.80 Å². The number of nitrogens with zero attached hydrogens (tertiary/aromatic N) is 2. The second-order valence-electron chi connectivity index (χ2n) is 5.39. The van der Waals surface area contributed by atoms with E-state index in [2.05, 4.69) is 0 Å². The molecule has 0 unspecified atom stereocenters. The summed E-state index contributed by atoms with van der Waals surface area (Å²) in [5.74, 6) is -0.927. The van der Waals surface area contributed by atoms with E-state index in [1.54, 1.807) is 16.9 Å². The fourth-order valence-electron chi connectivity index (χ4n) is 2.60. The Kier molecular flexibility index (Phi) is 7.54. The molecule has 6 heteroatoms. The lowest BCUT2D eigenvalue weighted by Crippen LogP contribution is -2.46. The molecule has 0 spiro atoms. The van der Waals surface area contributed by atoms with Crippen molar-refractivity contribution in [3.05, 3.63) is 0 Å². The summed E-state index contributed by atoms with van der Waals surface area (Å²) >= 11 is 0. The van der Waals surface area contributed by atoms with Gasteiger partial charge in [-0.2, -0.15) is 0 Å². The number of methoxy groups -OCH3 is 1. The van der Waals surface area contributed by atoms with Crippen molar-refractivity contribution < 1.29 is 19.4 Å². The van der Waals surface area contributed by atoms with Crippen molar-refractivity contribution in [2.45, 2.75) is 38.1 Å². The lowest BCUT2D eigenvalue weighted by molar-refractivity contribution is -0.140. The summed E-state index contributed by atoms with van der Waals surface area (Å²) in [5.41, 5.74) is 0. The van der Waals surface area contributed by atoms with Crippen LogP contribution in [0.25, 0.3) is 0 Å². The monoisotopic (exact) mass is 286 g/mol. The van der Waals surface area contributed by atoms with E-state index in [1.165, 1.54) is 19.3 Å². The molecule has 1 aliphatic rings. The number of aliphatic carboxylic acids is 1. The summed E-state index contributed by atoms with van der Waals surface area (Å²) in [4.78, 5) is 26.5. The van der Waals surface area contributed by atoms with E-state index >= 15 is 0 Å². The molecular formula is C14H26N2O4. The van der Waals surface area contributed by atoms with Gasteiger partial charge in [-0.1, -0.05) is 19.3 Å². The van der Waals surface area contributed by atoms with E-state index in [1.807, 2.05) is 7.05 Å². The summed E-state index contributed by atoms with van der Waals surface area (Å²) in [7, 11) is 3.39. The fraction of sp³-hybridized carbons (Fsp3) is 0.857. The van der Waals surface area contributed by atoms with Crippen LogP contribution in [0.4, 0.5) is 0 Å². The first-order chi connectivity index (χ1) is 9.54. The molecule has 6 nitrogen and oxygen atoms in total. The van der Waals surface area contributed by atoms with Crippen LogP contribution in [0.2, 0.25) is 0 Å². The predicted molar refractivity (Wildman–Crippen MR) is 75.6 cm³/mol. The molecule has 0 aromatic heterocycles. The number of amides is 1. The van der Waals surface area contributed by atoms with Gasteiger partial charge in [0.15, 0.2) is 0 Å². The molecule has 0 aromatic rings. The Morgan fingerprint density at radius 1 is 1.20 bits per heavy atom. The average molecular weight is 286 g/mol. The first kappa shape index (κ1) is 16.9. The smallest absolute Gasteiger partial charge is 0.317 e. The number of carboxylic acid groups (broad SMARTS) is 1. The molecule has 116 valence electrons. The van der Waals surface area contributed by atoms with Crippen LogP contribution in [0, 0.1) is 0 Å². The lowest BCUT2D eigenvalue weighted by Gasteiger charge is -2.32. The molecule has 1 saturated carbocycles. The highest BCUT2D eigenvalue weighted by Gasteiger charge is 2.23. The van der Waals surface area contributed by atoms with Gasteiger partial charge in [0.2, 0.25) is 5.91 Å². The van der Waals surface area contributed by atoms with E-state index in [0.717, 1.165) is 12.8 Å². The normalized spacial score (nSPS) is 16.4. The van der Waals surface area contributed by atoms with Gasteiger partial charge in [0.05, 0.1) is 19.7 Å². The molecule has 0 saturated heterocycles. The van der Waals surface area contributed by atoms with Crippen LogP contribution in [-0.2, 0) is 14.3 Å². The van der Waals surface area contributed by atoms with Crippen LogP contribution in [-0.4, -0.2) is 73.2 Å². The van der Waals surface area contributed by atoms with Gasteiger partial charge in [0.1, 0.15) is 0 Å². The van der Waals surface area contributed by atoms with Crippen molar-refractivity contribution >= 4 is 11.9 Å². The number of rotatable bonds is 8. The molecule has 1 aliphatic carbocycles. The molecule has 0 aromatic carbocycles. The van der Waals surface area contributed by atoms with E-state index in [0.29, 0.717) is 19.2 Å². The average Bonchev–Trinajstić information content (AvgIpc) is 2.44. The van der Waals surface area contributed by atoms with Gasteiger partial charge in [-0.05, 0) is 12.8 Å². The number of carboxylic acids is 1. The van der Waals surface area contributed by atoms with Gasteiger partial charge >= 0.3 is 5.97 Å². The fourth-order valence-corrected chi connectivity index (χ4v) is 2.60. The molecule has 1 amide bonds. The highest BCUT2D eigenvalue weighted by atomic mass is 16.5. The standard InChI is InChI=1S/C14H26N2O4/c1-15(12-6-4-3-5-7-12)13(17)10-16(8-9-20-2)11-14(18)19/h12H,3-11H2,1-2H3,(H,18,19). The van der Waals surface area contributed by atoms with Gasteiger partial charge in [-0.3, -0.25) is 14.5 Å². The zero-order valence-electron chi connectivity index (χ0n) is 12.5. The van der Waals surface area contributed by atoms with Crippen LogP contribution in [0.5, 0.6) is 0 Å². The number of ether oxygens (including phenoxy) is 1. The van der Waals surface area contributed by atoms with Crippen molar-refractivity contribution in [2.75, 3.05) is 40.4 Å². The van der Waals surface area contributed by atoms with Crippen LogP contribution in [0.1, 0.15) is 32.1 Å². The first-order valence-corrected chi connectivity index (χ1v) is 7.23. The summed E-state index contributed by atoms with van der Waals surface area (Å²) < 4.78 is 4.95. The van der Waals surface area contributed by atoms with Gasteiger partial charge in [0.25, 0.3) is 0 Å². The Hall–Kier alpha value is -1.14. The van der Waals surface area contributed by atoms with Gasteiger partial charge < -0.3 is 14.7 Å². The number of carbonyl (C=O) groups is 2. The van der Waals surface area contributed by atoms with Gasteiger partial charge in [-0.25, -0.2) is 0 Å². The lowest BCUT2D eigenvalue weighted by atomic mass is 9.94.